The second kappa shape index (κ2) is 7.87. The van der Waals surface area contributed by atoms with E-state index in [0.717, 1.165) is 0 Å². The molecule has 0 saturated heterocycles. The van der Waals surface area contributed by atoms with Crippen molar-refractivity contribution in [2.45, 2.75) is 13.8 Å². The third kappa shape index (κ3) is 313. The van der Waals surface area contributed by atoms with Crippen LogP contribution >= 0.6 is 0 Å². The summed E-state index contributed by atoms with van der Waals surface area (Å²) in [6, 6.07) is 0. The van der Waals surface area contributed by atoms with Crippen LogP contribution in [0.2, 0.25) is 0 Å². The minimum atomic E-state index is -4.67. The maximum absolute atomic E-state index is 8.74. The Morgan fingerprint density at radius 1 is 1.25 bits per heavy atom. The molecular formula is C2H9NaO4S. The molecule has 0 fully saturated rings. The molecule has 0 heterocycles. The SMILES string of the molecule is CC.O=S(=O)(O)O.[H-].[Na+]. The summed E-state index contributed by atoms with van der Waals surface area (Å²) in [5.41, 5.74) is 0. The number of hydrogen-bond donors (Lipinski definition) is 2. The van der Waals surface area contributed by atoms with Crippen LogP contribution in [0.5, 0.6) is 0 Å². The molecule has 0 bridgehead atoms. The molecule has 0 spiro atoms. The Hall–Kier alpha value is 0.870. The fourth-order valence-corrected chi connectivity index (χ4v) is 0. The summed E-state index contributed by atoms with van der Waals surface area (Å²) >= 11 is 0. The third-order valence-corrected chi connectivity index (χ3v) is 0. The molecule has 0 saturated carbocycles. The van der Waals surface area contributed by atoms with Gasteiger partial charge in [-0.1, -0.05) is 13.8 Å². The van der Waals surface area contributed by atoms with Crippen molar-refractivity contribution in [2.75, 3.05) is 0 Å². The molecule has 0 aliphatic carbocycles. The van der Waals surface area contributed by atoms with Crippen molar-refractivity contribution in [3.8, 4) is 0 Å². The fraction of sp³-hybridized carbons (Fsp3) is 1.00. The van der Waals surface area contributed by atoms with Crippen LogP contribution in [0, 0.1) is 0 Å². The molecule has 8 heavy (non-hydrogen) atoms. The molecular weight excluding hydrogens is 143 g/mol. The molecule has 48 valence electrons. The van der Waals surface area contributed by atoms with Crippen LogP contribution in [0.3, 0.4) is 0 Å². The van der Waals surface area contributed by atoms with Crippen LogP contribution in [-0.2, 0) is 10.4 Å². The van der Waals surface area contributed by atoms with Gasteiger partial charge < -0.3 is 1.43 Å². The monoisotopic (exact) mass is 152 g/mol. The van der Waals surface area contributed by atoms with Gasteiger partial charge >= 0.3 is 40.0 Å². The van der Waals surface area contributed by atoms with E-state index in [1.165, 1.54) is 0 Å². The number of hydrogen-bond acceptors (Lipinski definition) is 2. The minimum Gasteiger partial charge on any atom is -1.00 e. The normalized spacial score (nSPS) is 8.00. The maximum Gasteiger partial charge on any atom is 1.00 e. The van der Waals surface area contributed by atoms with E-state index in [1.807, 2.05) is 13.8 Å². The zero-order valence-corrected chi connectivity index (χ0v) is 7.94. The average molecular weight is 152 g/mol. The van der Waals surface area contributed by atoms with E-state index < -0.39 is 10.4 Å². The smallest absolute Gasteiger partial charge is 1.00 e. The predicted molar refractivity (Wildman–Crippen MR) is 26.6 cm³/mol. The van der Waals surface area contributed by atoms with Crippen molar-refractivity contribution in [1.82, 2.24) is 0 Å². The summed E-state index contributed by atoms with van der Waals surface area (Å²) in [6.07, 6.45) is 0. The summed E-state index contributed by atoms with van der Waals surface area (Å²) < 4.78 is 31.6. The van der Waals surface area contributed by atoms with Gasteiger partial charge in [0, 0.05) is 0 Å². The summed E-state index contributed by atoms with van der Waals surface area (Å²) in [7, 11) is -4.67. The van der Waals surface area contributed by atoms with E-state index in [9.17, 15) is 0 Å². The van der Waals surface area contributed by atoms with Gasteiger partial charge in [0.15, 0.2) is 0 Å². The third-order valence-electron chi connectivity index (χ3n) is 0. The Labute approximate surface area is 72.6 Å². The van der Waals surface area contributed by atoms with Gasteiger partial charge in [-0.3, -0.25) is 9.11 Å². The van der Waals surface area contributed by atoms with Gasteiger partial charge in [-0.15, -0.1) is 0 Å². The first-order chi connectivity index (χ1) is 3.00. The second-order valence-electron chi connectivity index (χ2n) is 0.448. The minimum absolute atomic E-state index is 0. The van der Waals surface area contributed by atoms with Crippen molar-refractivity contribution in [2.24, 2.45) is 0 Å². The Balaban J connectivity index is -0.0000000286. The van der Waals surface area contributed by atoms with Crippen molar-refractivity contribution < 1.29 is 48.5 Å². The largest absolute Gasteiger partial charge is 1.00 e. The first-order valence-corrected chi connectivity index (χ1v) is 3.10. The topological polar surface area (TPSA) is 74.6 Å². The van der Waals surface area contributed by atoms with Crippen LogP contribution in [0.4, 0.5) is 0 Å². The van der Waals surface area contributed by atoms with Crippen molar-refractivity contribution in [1.29, 1.82) is 0 Å². The first kappa shape index (κ1) is 15.9. The Morgan fingerprint density at radius 3 is 1.25 bits per heavy atom. The van der Waals surface area contributed by atoms with Gasteiger partial charge in [-0.25, -0.2) is 0 Å². The molecule has 0 amide bonds. The molecule has 0 rings (SSSR count). The van der Waals surface area contributed by atoms with Gasteiger partial charge in [-0.2, -0.15) is 8.42 Å². The van der Waals surface area contributed by atoms with Gasteiger partial charge in [-0.05, 0) is 0 Å². The Kier molecular flexibility index (Phi) is 15.7. The van der Waals surface area contributed by atoms with Crippen LogP contribution in [0.15, 0.2) is 0 Å². The molecule has 6 heteroatoms. The molecule has 0 aliphatic heterocycles. The zero-order chi connectivity index (χ0) is 6.50. The molecule has 0 aromatic rings. The van der Waals surface area contributed by atoms with Crippen molar-refractivity contribution >= 4 is 10.4 Å². The van der Waals surface area contributed by atoms with E-state index in [0.29, 0.717) is 0 Å². The average Bonchev–Trinajstić information content (AvgIpc) is 1.36. The summed E-state index contributed by atoms with van der Waals surface area (Å²) in [6.45, 7) is 4.00. The summed E-state index contributed by atoms with van der Waals surface area (Å²) in [5.74, 6) is 0. The Bertz CT molecular complexity index is 102. The van der Waals surface area contributed by atoms with Gasteiger partial charge in [0.25, 0.3) is 0 Å². The van der Waals surface area contributed by atoms with E-state index in [1.54, 1.807) is 0 Å². The molecule has 0 aromatic heterocycles. The molecule has 0 atom stereocenters. The summed E-state index contributed by atoms with van der Waals surface area (Å²) in [4.78, 5) is 0. The van der Waals surface area contributed by atoms with E-state index in [4.69, 9.17) is 17.5 Å². The molecule has 2 N–H and O–H groups in total. The fourth-order valence-electron chi connectivity index (χ4n) is 0. The molecule has 0 radical (unpaired) electrons. The molecule has 4 nitrogen and oxygen atoms in total. The second-order valence-corrected chi connectivity index (χ2v) is 1.34. The molecule has 0 aliphatic rings. The predicted octanol–water partition coefficient (Wildman–Crippen LogP) is -2.51. The number of rotatable bonds is 0. The zero-order valence-electron chi connectivity index (χ0n) is 6.12. The van der Waals surface area contributed by atoms with Crippen molar-refractivity contribution in [3.05, 3.63) is 0 Å². The van der Waals surface area contributed by atoms with Crippen LogP contribution in [-0.4, -0.2) is 17.5 Å². The van der Waals surface area contributed by atoms with Gasteiger partial charge in [0.2, 0.25) is 0 Å². The summed E-state index contributed by atoms with van der Waals surface area (Å²) in [5, 5.41) is 0. The standard InChI is InChI=1S/C2H6.Na.H2O4S.H/c1-2;;1-5(2,3)4;/h1-2H3;;(H2,1,2,3,4);/q;+1;;-1. The molecule has 0 aromatic carbocycles. The maximum atomic E-state index is 8.74. The molecule has 0 unspecified atom stereocenters. The van der Waals surface area contributed by atoms with E-state index >= 15 is 0 Å². The van der Waals surface area contributed by atoms with Gasteiger partial charge in [0.1, 0.15) is 0 Å². The van der Waals surface area contributed by atoms with E-state index in [-0.39, 0.29) is 31.0 Å². The quantitative estimate of drug-likeness (QED) is 0.297. The van der Waals surface area contributed by atoms with Crippen molar-refractivity contribution in [3.63, 3.8) is 0 Å². The van der Waals surface area contributed by atoms with E-state index in [2.05, 4.69) is 0 Å². The van der Waals surface area contributed by atoms with Gasteiger partial charge in [0.05, 0.1) is 0 Å². The van der Waals surface area contributed by atoms with Crippen LogP contribution in [0.1, 0.15) is 15.3 Å². The first-order valence-electron chi connectivity index (χ1n) is 1.70. The van der Waals surface area contributed by atoms with Crippen LogP contribution < -0.4 is 29.6 Å². The van der Waals surface area contributed by atoms with Crippen LogP contribution in [0.25, 0.3) is 0 Å². The Morgan fingerprint density at radius 2 is 1.25 bits per heavy atom.